The molecule has 1 heterocycles. The molecular weight excluding hydrogens is 282 g/mol. The number of hydrogen-bond acceptors (Lipinski definition) is 4. The van der Waals surface area contributed by atoms with Crippen LogP contribution in [-0.4, -0.2) is 29.3 Å². The molecule has 0 bridgehead atoms. The Morgan fingerprint density at radius 2 is 2.18 bits per heavy atom. The van der Waals surface area contributed by atoms with E-state index in [1.54, 1.807) is 25.1 Å². The molecule has 0 unspecified atom stereocenters. The van der Waals surface area contributed by atoms with E-state index < -0.39 is 0 Å². The van der Waals surface area contributed by atoms with Gasteiger partial charge >= 0.3 is 6.03 Å². The molecule has 0 spiro atoms. The number of aromatic nitrogens is 1. The molecule has 3 N–H and O–H groups in total. The number of aliphatic hydroxyl groups excluding tert-OH is 1. The number of aryl methyl sites for hydroxylation is 1. The lowest BCUT2D eigenvalue weighted by Gasteiger charge is -2.21. The van der Waals surface area contributed by atoms with Gasteiger partial charge in [0.25, 0.3) is 0 Å². The number of oxazole rings is 1. The molecule has 2 rings (SSSR count). The highest BCUT2D eigenvalue weighted by molar-refractivity contribution is 5.91. The van der Waals surface area contributed by atoms with Crippen molar-refractivity contribution < 1.29 is 14.3 Å². The Morgan fingerprint density at radius 3 is 2.91 bits per heavy atom. The maximum Gasteiger partial charge on any atom is 0.319 e. The Balaban J connectivity index is 1.80. The van der Waals surface area contributed by atoms with E-state index in [1.165, 1.54) is 0 Å². The summed E-state index contributed by atoms with van der Waals surface area (Å²) in [4.78, 5) is 16.1. The minimum Gasteiger partial charge on any atom is -0.441 e. The first-order valence-electron chi connectivity index (χ1n) is 7.42. The summed E-state index contributed by atoms with van der Waals surface area (Å²) in [7, 11) is 0. The zero-order chi connectivity index (χ0) is 16.2. The summed E-state index contributed by atoms with van der Waals surface area (Å²) in [5, 5.41) is 14.8. The molecule has 0 atom stereocenters. The molecule has 0 saturated heterocycles. The van der Waals surface area contributed by atoms with E-state index in [0.717, 1.165) is 18.4 Å². The van der Waals surface area contributed by atoms with Gasteiger partial charge in [-0.15, -0.1) is 0 Å². The van der Waals surface area contributed by atoms with Gasteiger partial charge in [0, 0.05) is 25.8 Å². The predicted molar refractivity (Wildman–Crippen MR) is 85.9 cm³/mol. The van der Waals surface area contributed by atoms with Gasteiger partial charge in [0.1, 0.15) is 5.52 Å². The number of nitrogens with zero attached hydrogens (tertiary/aromatic N) is 1. The molecule has 6 nitrogen and oxygen atoms in total. The first kappa shape index (κ1) is 16.3. The van der Waals surface area contributed by atoms with E-state index in [0.29, 0.717) is 23.7 Å². The summed E-state index contributed by atoms with van der Waals surface area (Å²) in [5.41, 5.74) is 2.00. The van der Waals surface area contributed by atoms with Crippen LogP contribution in [0, 0.1) is 12.3 Å². The van der Waals surface area contributed by atoms with Crippen LogP contribution in [0.2, 0.25) is 0 Å². The minimum absolute atomic E-state index is 0.103. The topological polar surface area (TPSA) is 87.4 Å². The Labute approximate surface area is 129 Å². The van der Waals surface area contributed by atoms with Gasteiger partial charge in [0.2, 0.25) is 0 Å². The molecule has 0 radical (unpaired) electrons. The van der Waals surface area contributed by atoms with E-state index in [9.17, 15) is 9.90 Å². The monoisotopic (exact) mass is 305 g/mol. The van der Waals surface area contributed by atoms with E-state index in [4.69, 9.17) is 4.42 Å². The molecule has 0 aliphatic carbocycles. The smallest absolute Gasteiger partial charge is 0.319 e. The summed E-state index contributed by atoms with van der Waals surface area (Å²) in [6.07, 6.45) is 1.68. The van der Waals surface area contributed by atoms with Gasteiger partial charge in [-0.25, -0.2) is 9.78 Å². The molecule has 0 aliphatic rings. The maximum absolute atomic E-state index is 11.8. The molecule has 0 aliphatic heterocycles. The molecular formula is C16H23N3O3. The summed E-state index contributed by atoms with van der Waals surface area (Å²) in [6, 6.07) is 5.09. The van der Waals surface area contributed by atoms with Crippen molar-refractivity contribution in [3.8, 4) is 0 Å². The van der Waals surface area contributed by atoms with Crippen LogP contribution in [0.25, 0.3) is 11.1 Å². The molecule has 6 heteroatoms. The van der Waals surface area contributed by atoms with E-state index in [2.05, 4.69) is 15.6 Å². The third kappa shape index (κ3) is 4.46. The number of amides is 2. The normalized spacial score (nSPS) is 11.6. The van der Waals surface area contributed by atoms with Crippen molar-refractivity contribution in [1.29, 1.82) is 0 Å². The molecule has 2 amide bonds. The van der Waals surface area contributed by atoms with Gasteiger partial charge in [0.15, 0.2) is 11.5 Å². The van der Waals surface area contributed by atoms with Gasteiger partial charge < -0.3 is 20.2 Å². The fourth-order valence-corrected chi connectivity index (χ4v) is 2.14. The summed E-state index contributed by atoms with van der Waals surface area (Å²) in [5.74, 6) is 0.600. The number of rotatable bonds is 6. The number of nitrogens with one attached hydrogen (secondary N) is 2. The predicted octanol–water partition coefficient (Wildman–Crippen LogP) is 3.06. The van der Waals surface area contributed by atoms with E-state index in [-0.39, 0.29) is 18.1 Å². The Hall–Kier alpha value is -2.08. The number of benzene rings is 1. The average molecular weight is 305 g/mol. The highest BCUT2D eigenvalue weighted by Crippen LogP contribution is 2.21. The molecule has 1 aromatic heterocycles. The lowest BCUT2D eigenvalue weighted by Crippen LogP contribution is -2.30. The van der Waals surface area contributed by atoms with Crippen molar-refractivity contribution in [3.05, 3.63) is 24.1 Å². The van der Waals surface area contributed by atoms with Crippen LogP contribution in [0.1, 0.15) is 32.6 Å². The average Bonchev–Trinajstić information content (AvgIpc) is 2.83. The molecule has 0 saturated carbocycles. The zero-order valence-electron chi connectivity index (χ0n) is 13.3. The van der Waals surface area contributed by atoms with Crippen molar-refractivity contribution >= 4 is 22.8 Å². The maximum atomic E-state index is 11.8. The van der Waals surface area contributed by atoms with Crippen LogP contribution < -0.4 is 10.6 Å². The van der Waals surface area contributed by atoms with E-state index >= 15 is 0 Å². The van der Waals surface area contributed by atoms with Gasteiger partial charge in [0.05, 0.1) is 0 Å². The highest BCUT2D eigenvalue weighted by atomic mass is 16.3. The van der Waals surface area contributed by atoms with Gasteiger partial charge in [-0.05, 0) is 36.5 Å². The fourth-order valence-electron chi connectivity index (χ4n) is 2.14. The highest BCUT2D eigenvalue weighted by Gasteiger charge is 2.15. The molecule has 120 valence electrons. The van der Waals surface area contributed by atoms with Crippen LogP contribution in [0.3, 0.4) is 0 Å². The number of fused-ring (bicyclic) bond motifs is 1. The third-order valence-corrected chi connectivity index (χ3v) is 3.50. The number of carbonyl (C=O) groups excluding carboxylic acids is 1. The van der Waals surface area contributed by atoms with Crippen molar-refractivity contribution in [2.75, 3.05) is 18.5 Å². The Bertz CT molecular complexity index is 649. The van der Waals surface area contributed by atoms with Crippen molar-refractivity contribution in [2.24, 2.45) is 5.41 Å². The molecule has 1 aromatic carbocycles. The number of aliphatic hydroxyl groups is 1. The fraction of sp³-hybridized carbons (Fsp3) is 0.500. The molecule has 2 aromatic rings. The summed E-state index contributed by atoms with van der Waals surface area (Å²) >= 11 is 0. The second-order valence-corrected chi connectivity index (χ2v) is 6.22. The van der Waals surface area contributed by atoms with Crippen LogP contribution >= 0.6 is 0 Å². The quantitative estimate of drug-likeness (QED) is 0.716. The second-order valence-electron chi connectivity index (χ2n) is 6.22. The minimum atomic E-state index is -0.249. The summed E-state index contributed by atoms with van der Waals surface area (Å²) < 4.78 is 5.39. The number of carbonyl (C=O) groups is 1. The van der Waals surface area contributed by atoms with Gasteiger partial charge in [-0.2, -0.15) is 0 Å². The third-order valence-electron chi connectivity index (χ3n) is 3.50. The SMILES string of the molecule is Cc1nc2cc(NC(=O)NCCCC(C)(C)CO)ccc2o1. The first-order valence-corrected chi connectivity index (χ1v) is 7.42. The second kappa shape index (κ2) is 6.79. The van der Waals surface area contributed by atoms with Crippen LogP contribution in [0.4, 0.5) is 10.5 Å². The zero-order valence-corrected chi connectivity index (χ0v) is 13.3. The Kier molecular flexibility index (Phi) is 5.03. The van der Waals surface area contributed by atoms with Crippen molar-refractivity contribution in [1.82, 2.24) is 10.3 Å². The first-order chi connectivity index (χ1) is 10.4. The number of hydrogen-bond donors (Lipinski definition) is 3. The molecule has 0 fully saturated rings. The van der Waals surface area contributed by atoms with Crippen molar-refractivity contribution in [3.63, 3.8) is 0 Å². The number of urea groups is 1. The van der Waals surface area contributed by atoms with Gasteiger partial charge in [-0.3, -0.25) is 0 Å². The lowest BCUT2D eigenvalue weighted by molar-refractivity contribution is 0.148. The molecule has 22 heavy (non-hydrogen) atoms. The summed E-state index contributed by atoms with van der Waals surface area (Å²) in [6.45, 7) is 6.51. The largest absolute Gasteiger partial charge is 0.441 e. The standard InChI is InChI=1S/C16H23N3O3/c1-11-18-13-9-12(5-6-14(13)22-11)19-15(21)17-8-4-7-16(2,3)10-20/h5-6,9,20H,4,7-8,10H2,1-3H3,(H2,17,19,21). The van der Waals surface area contributed by atoms with E-state index in [1.807, 2.05) is 13.8 Å². The van der Waals surface area contributed by atoms with Crippen LogP contribution in [0.5, 0.6) is 0 Å². The van der Waals surface area contributed by atoms with Crippen LogP contribution in [0.15, 0.2) is 22.6 Å². The van der Waals surface area contributed by atoms with Gasteiger partial charge in [-0.1, -0.05) is 13.8 Å². The lowest BCUT2D eigenvalue weighted by atomic mass is 9.89. The Morgan fingerprint density at radius 1 is 1.41 bits per heavy atom. The number of anilines is 1. The van der Waals surface area contributed by atoms with Crippen molar-refractivity contribution in [2.45, 2.75) is 33.6 Å². The van der Waals surface area contributed by atoms with Crippen LogP contribution in [-0.2, 0) is 0 Å².